The van der Waals surface area contributed by atoms with Gasteiger partial charge in [0.2, 0.25) is 21.8 Å². The number of hydrogen-bond donors (Lipinski definition) is 1. The molecule has 11 heteroatoms. The molecule has 230 valence electrons. The van der Waals surface area contributed by atoms with Crippen LogP contribution in [0.4, 0.5) is 5.69 Å². The Labute approximate surface area is 264 Å². The molecule has 3 aromatic carbocycles. The van der Waals surface area contributed by atoms with Crippen LogP contribution in [-0.4, -0.2) is 57.1 Å². The van der Waals surface area contributed by atoms with Crippen LogP contribution in [-0.2, 0) is 32.6 Å². The maximum Gasteiger partial charge on any atom is 0.244 e. The quantitative estimate of drug-likeness (QED) is 0.266. The number of ether oxygens (including phenoxy) is 1. The summed E-state index contributed by atoms with van der Waals surface area (Å²) in [6.07, 6.45) is 6.21. The number of nitrogens with one attached hydrogen (secondary N) is 1. The van der Waals surface area contributed by atoms with Gasteiger partial charge in [-0.3, -0.25) is 13.9 Å². The number of benzene rings is 3. The van der Waals surface area contributed by atoms with Crippen LogP contribution >= 0.6 is 23.2 Å². The lowest BCUT2D eigenvalue weighted by Gasteiger charge is -2.35. The lowest BCUT2D eigenvalue weighted by Crippen LogP contribution is -2.55. The average molecular weight is 647 g/mol. The first-order chi connectivity index (χ1) is 20.5. The molecule has 1 atom stereocenters. The number of methoxy groups -OCH3 is 1. The highest BCUT2D eigenvalue weighted by molar-refractivity contribution is 7.92. The largest absolute Gasteiger partial charge is 0.495 e. The number of amides is 2. The molecule has 4 rings (SSSR count). The summed E-state index contributed by atoms with van der Waals surface area (Å²) in [5.74, 6) is -0.607. The highest BCUT2D eigenvalue weighted by Crippen LogP contribution is 2.33. The molecular formula is C32H37Cl2N3O5S. The molecule has 8 nitrogen and oxygen atoms in total. The van der Waals surface area contributed by atoms with Gasteiger partial charge in [-0.1, -0.05) is 84.9 Å². The van der Waals surface area contributed by atoms with Gasteiger partial charge in [-0.05, 0) is 54.3 Å². The van der Waals surface area contributed by atoms with Crippen LogP contribution in [0, 0.1) is 0 Å². The maximum absolute atomic E-state index is 14.3. The number of rotatable bonds is 12. The normalized spacial score (nSPS) is 14.5. The summed E-state index contributed by atoms with van der Waals surface area (Å²) in [4.78, 5) is 29.8. The third-order valence-electron chi connectivity index (χ3n) is 7.55. The molecule has 0 radical (unpaired) electrons. The third-order valence-corrected chi connectivity index (χ3v) is 9.15. The lowest BCUT2D eigenvalue weighted by molar-refractivity contribution is -0.140. The SMILES string of the molecule is COc1ccc(Cl)cc1N(CC(=O)N(Cc1cccc(Cl)c1)[C@H](Cc1ccccc1)C(=O)NC1CCCCC1)S(C)(=O)=O. The lowest BCUT2D eigenvalue weighted by atomic mass is 9.94. The number of sulfonamides is 1. The first-order valence-electron chi connectivity index (χ1n) is 14.2. The summed E-state index contributed by atoms with van der Waals surface area (Å²) in [5, 5.41) is 3.95. The van der Waals surface area contributed by atoms with Crippen molar-refractivity contribution in [2.45, 2.75) is 57.2 Å². The fourth-order valence-electron chi connectivity index (χ4n) is 5.38. The van der Waals surface area contributed by atoms with Crippen molar-refractivity contribution < 1.29 is 22.7 Å². The van der Waals surface area contributed by atoms with E-state index in [0.717, 1.165) is 48.2 Å². The van der Waals surface area contributed by atoms with E-state index in [0.29, 0.717) is 10.6 Å². The molecule has 2 amide bonds. The molecular weight excluding hydrogens is 609 g/mol. The standard InChI is InChI=1S/C32H37Cl2N3O5S/c1-42-30-17-16-26(34)20-28(30)37(43(2,40)41)22-31(38)36(21-24-12-9-13-25(33)18-24)29(19-23-10-5-3-6-11-23)32(39)35-27-14-7-4-8-15-27/h3,5-6,9-13,16-18,20,27,29H,4,7-8,14-15,19,21-22H2,1-2H3,(H,35,39)/t29-/m1/s1. The summed E-state index contributed by atoms with van der Waals surface area (Å²) in [6.45, 7) is -0.530. The van der Waals surface area contributed by atoms with Crippen molar-refractivity contribution in [3.8, 4) is 5.75 Å². The molecule has 0 spiro atoms. The zero-order valence-corrected chi connectivity index (χ0v) is 26.7. The van der Waals surface area contributed by atoms with Crippen LogP contribution in [0.1, 0.15) is 43.2 Å². The van der Waals surface area contributed by atoms with E-state index < -0.39 is 28.5 Å². The Morgan fingerprint density at radius 1 is 0.930 bits per heavy atom. The zero-order chi connectivity index (χ0) is 31.0. The number of halogens is 2. The summed E-state index contributed by atoms with van der Waals surface area (Å²) in [7, 11) is -2.57. The summed E-state index contributed by atoms with van der Waals surface area (Å²) in [6, 6.07) is 20.2. The molecule has 0 saturated heterocycles. The predicted molar refractivity (Wildman–Crippen MR) is 171 cm³/mol. The fraction of sp³-hybridized carbons (Fsp3) is 0.375. The van der Waals surface area contributed by atoms with Crippen molar-refractivity contribution in [1.82, 2.24) is 10.2 Å². The smallest absolute Gasteiger partial charge is 0.244 e. The molecule has 0 aliphatic heterocycles. The number of carbonyl (C=O) groups is 2. The summed E-state index contributed by atoms with van der Waals surface area (Å²) < 4.78 is 32.5. The van der Waals surface area contributed by atoms with E-state index in [1.165, 1.54) is 18.1 Å². The first kappa shape index (κ1) is 32.6. The third kappa shape index (κ3) is 9.11. The van der Waals surface area contributed by atoms with Crippen molar-refractivity contribution in [3.05, 3.63) is 94.0 Å². The minimum Gasteiger partial charge on any atom is -0.495 e. The van der Waals surface area contributed by atoms with Crippen LogP contribution in [0.3, 0.4) is 0 Å². The molecule has 0 bridgehead atoms. The van der Waals surface area contributed by atoms with Gasteiger partial charge in [0.15, 0.2) is 0 Å². The van der Waals surface area contributed by atoms with E-state index in [9.17, 15) is 18.0 Å². The molecule has 1 aliphatic carbocycles. The second-order valence-electron chi connectivity index (χ2n) is 10.8. The number of hydrogen-bond acceptors (Lipinski definition) is 5. The molecule has 43 heavy (non-hydrogen) atoms. The molecule has 1 N–H and O–H groups in total. The van der Waals surface area contributed by atoms with E-state index in [1.54, 1.807) is 30.3 Å². The molecule has 1 saturated carbocycles. The Balaban J connectivity index is 1.75. The fourth-order valence-corrected chi connectivity index (χ4v) is 6.61. The Kier molecular flexibility index (Phi) is 11.3. The molecule has 0 heterocycles. The van der Waals surface area contributed by atoms with Gasteiger partial charge in [0.05, 0.1) is 19.1 Å². The Morgan fingerprint density at radius 2 is 1.60 bits per heavy atom. The Bertz CT molecular complexity index is 1510. The summed E-state index contributed by atoms with van der Waals surface area (Å²) >= 11 is 12.5. The highest BCUT2D eigenvalue weighted by Gasteiger charge is 2.34. The first-order valence-corrected chi connectivity index (χ1v) is 16.8. The average Bonchev–Trinajstić information content (AvgIpc) is 2.98. The maximum atomic E-state index is 14.3. The van der Waals surface area contributed by atoms with Crippen molar-refractivity contribution in [2.75, 3.05) is 24.2 Å². The van der Waals surface area contributed by atoms with E-state index in [2.05, 4.69) is 5.32 Å². The van der Waals surface area contributed by atoms with Crippen LogP contribution < -0.4 is 14.4 Å². The Morgan fingerprint density at radius 3 is 2.26 bits per heavy atom. The van der Waals surface area contributed by atoms with Crippen LogP contribution in [0.2, 0.25) is 10.0 Å². The van der Waals surface area contributed by atoms with Gasteiger partial charge in [-0.2, -0.15) is 0 Å². The second kappa shape index (κ2) is 14.9. The zero-order valence-electron chi connectivity index (χ0n) is 24.3. The van der Waals surface area contributed by atoms with Gasteiger partial charge >= 0.3 is 0 Å². The number of nitrogens with zero attached hydrogens (tertiary/aromatic N) is 2. The van der Waals surface area contributed by atoms with E-state index in [-0.39, 0.29) is 41.4 Å². The molecule has 0 unspecified atom stereocenters. The van der Waals surface area contributed by atoms with Gasteiger partial charge < -0.3 is 15.0 Å². The highest BCUT2D eigenvalue weighted by atomic mass is 35.5. The van der Waals surface area contributed by atoms with Crippen LogP contribution in [0.25, 0.3) is 0 Å². The molecule has 3 aromatic rings. The van der Waals surface area contributed by atoms with E-state index in [1.807, 2.05) is 36.4 Å². The van der Waals surface area contributed by atoms with Crippen LogP contribution in [0.5, 0.6) is 5.75 Å². The summed E-state index contributed by atoms with van der Waals surface area (Å²) in [5.41, 5.74) is 1.70. The van der Waals surface area contributed by atoms with Gasteiger partial charge in [0.25, 0.3) is 0 Å². The molecule has 1 fully saturated rings. The van der Waals surface area contributed by atoms with Crippen molar-refractivity contribution in [3.63, 3.8) is 0 Å². The van der Waals surface area contributed by atoms with Gasteiger partial charge in [0, 0.05) is 29.1 Å². The second-order valence-corrected chi connectivity index (χ2v) is 13.6. The van der Waals surface area contributed by atoms with Crippen LogP contribution in [0.15, 0.2) is 72.8 Å². The van der Waals surface area contributed by atoms with E-state index in [4.69, 9.17) is 27.9 Å². The Hall–Kier alpha value is -3.27. The number of anilines is 1. The van der Waals surface area contributed by atoms with Crippen molar-refractivity contribution in [1.29, 1.82) is 0 Å². The van der Waals surface area contributed by atoms with Crippen molar-refractivity contribution >= 4 is 50.7 Å². The topological polar surface area (TPSA) is 96.0 Å². The van der Waals surface area contributed by atoms with Gasteiger partial charge in [-0.15, -0.1) is 0 Å². The molecule has 0 aromatic heterocycles. The van der Waals surface area contributed by atoms with E-state index >= 15 is 0 Å². The van der Waals surface area contributed by atoms with Gasteiger partial charge in [0.1, 0.15) is 18.3 Å². The number of carbonyl (C=O) groups excluding carboxylic acids is 2. The minimum absolute atomic E-state index is 0.0193. The predicted octanol–water partition coefficient (Wildman–Crippen LogP) is 5.86. The molecule has 1 aliphatic rings. The minimum atomic E-state index is -3.98. The monoisotopic (exact) mass is 645 g/mol. The van der Waals surface area contributed by atoms with Gasteiger partial charge in [-0.25, -0.2) is 8.42 Å². The van der Waals surface area contributed by atoms with Crippen molar-refractivity contribution in [2.24, 2.45) is 0 Å².